The molecule has 0 saturated carbocycles. The van der Waals surface area contributed by atoms with E-state index < -0.39 is 17.5 Å². The van der Waals surface area contributed by atoms with Crippen LogP contribution in [-0.4, -0.2) is 20.4 Å². The molecule has 0 saturated heterocycles. The Hall–Kier alpha value is -3.55. The largest absolute Gasteiger partial charge is 0.446 e. The van der Waals surface area contributed by atoms with Gasteiger partial charge in [0.15, 0.2) is 17.3 Å². The first-order valence-electron chi connectivity index (χ1n) is 8.17. The van der Waals surface area contributed by atoms with Crippen molar-refractivity contribution in [3.63, 3.8) is 0 Å². The van der Waals surface area contributed by atoms with E-state index in [2.05, 4.69) is 15.3 Å². The van der Waals surface area contributed by atoms with E-state index in [9.17, 15) is 13.6 Å². The third-order valence-electron chi connectivity index (χ3n) is 4.09. The van der Waals surface area contributed by atoms with Gasteiger partial charge in [0, 0.05) is 12.1 Å². The second-order valence-corrected chi connectivity index (χ2v) is 5.88. The van der Waals surface area contributed by atoms with Crippen molar-refractivity contribution >= 4 is 16.9 Å². The monoisotopic (exact) mass is 368 g/mol. The van der Waals surface area contributed by atoms with Crippen LogP contribution in [0.4, 0.5) is 8.78 Å². The third kappa shape index (κ3) is 3.41. The molecule has 0 bridgehead atoms. The molecule has 1 N–H and O–H groups in total. The van der Waals surface area contributed by atoms with Gasteiger partial charge >= 0.3 is 0 Å². The van der Waals surface area contributed by atoms with Crippen LogP contribution in [0.3, 0.4) is 0 Å². The van der Waals surface area contributed by atoms with Crippen molar-refractivity contribution in [1.82, 2.24) is 19.9 Å². The average Bonchev–Trinajstić information content (AvgIpc) is 3.31. The highest BCUT2D eigenvalue weighted by molar-refractivity contribution is 5.91. The number of amides is 1. The number of aromatic nitrogens is 3. The Kier molecular flexibility index (Phi) is 4.37. The summed E-state index contributed by atoms with van der Waals surface area (Å²) in [5.41, 5.74) is 1.88. The van der Waals surface area contributed by atoms with E-state index in [4.69, 9.17) is 4.42 Å². The molecule has 1 amide bonds. The molecule has 27 heavy (non-hydrogen) atoms. The van der Waals surface area contributed by atoms with Gasteiger partial charge in [-0.1, -0.05) is 24.3 Å². The fourth-order valence-corrected chi connectivity index (χ4v) is 2.72. The Balaban J connectivity index is 1.44. The number of hydrogen-bond donors (Lipinski definition) is 1. The summed E-state index contributed by atoms with van der Waals surface area (Å²) < 4.78 is 34.0. The molecule has 2 aromatic carbocycles. The number of carbonyl (C=O) groups is 1. The molecule has 0 fully saturated rings. The van der Waals surface area contributed by atoms with E-state index >= 15 is 0 Å². The van der Waals surface area contributed by atoms with Gasteiger partial charge in [-0.25, -0.2) is 18.7 Å². The second-order valence-electron chi connectivity index (χ2n) is 5.88. The minimum atomic E-state index is -0.981. The molecule has 2 heterocycles. The SMILES string of the molecule is O=C(NCc1cccc(F)c1F)c1coc(Cn2cnc3ccccc32)n1. The minimum absolute atomic E-state index is 0.0527. The highest BCUT2D eigenvalue weighted by atomic mass is 19.2. The van der Waals surface area contributed by atoms with Crippen LogP contribution in [0, 0.1) is 11.6 Å². The normalized spacial score (nSPS) is 11.0. The van der Waals surface area contributed by atoms with Crippen LogP contribution in [0.25, 0.3) is 11.0 Å². The van der Waals surface area contributed by atoms with Gasteiger partial charge in [-0.05, 0) is 18.2 Å². The molecular weight excluding hydrogens is 354 g/mol. The number of imidazole rings is 1. The predicted octanol–water partition coefficient (Wildman–Crippen LogP) is 3.28. The van der Waals surface area contributed by atoms with Gasteiger partial charge < -0.3 is 14.3 Å². The van der Waals surface area contributed by atoms with Crippen molar-refractivity contribution in [3.05, 3.63) is 83.8 Å². The van der Waals surface area contributed by atoms with E-state index in [1.807, 2.05) is 28.8 Å². The third-order valence-corrected chi connectivity index (χ3v) is 4.09. The Morgan fingerprint density at radius 2 is 2.00 bits per heavy atom. The van der Waals surface area contributed by atoms with E-state index in [-0.39, 0.29) is 17.8 Å². The van der Waals surface area contributed by atoms with Gasteiger partial charge in [-0.3, -0.25) is 4.79 Å². The zero-order valence-corrected chi connectivity index (χ0v) is 14.0. The molecule has 0 spiro atoms. The zero-order chi connectivity index (χ0) is 18.8. The first-order valence-corrected chi connectivity index (χ1v) is 8.17. The molecule has 0 atom stereocenters. The number of carbonyl (C=O) groups excluding carboxylic acids is 1. The Bertz CT molecular complexity index is 1120. The highest BCUT2D eigenvalue weighted by Gasteiger charge is 2.15. The van der Waals surface area contributed by atoms with E-state index in [0.717, 1.165) is 17.1 Å². The van der Waals surface area contributed by atoms with Gasteiger partial charge in [-0.15, -0.1) is 0 Å². The quantitative estimate of drug-likeness (QED) is 0.587. The van der Waals surface area contributed by atoms with Crippen molar-refractivity contribution in [1.29, 1.82) is 0 Å². The van der Waals surface area contributed by atoms with Crippen LogP contribution >= 0.6 is 0 Å². The summed E-state index contributed by atoms with van der Waals surface area (Å²) in [6, 6.07) is 11.4. The number of oxazole rings is 1. The summed E-state index contributed by atoms with van der Waals surface area (Å²) >= 11 is 0. The number of hydrogen-bond acceptors (Lipinski definition) is 4. The molecule has 0 aliphatic carbocycles. The van der Waals surface area contributed by atoms with Crippen molar-refractivity contribution < 1.29 is 18.0 Å². The van der Waals surface area contributed by atoms with Crippen LogP contribution < -0.4 is 5.32 Å². The molecule has 0 radical (unpaired) electrons. The fraction of sp³-hybridized carbons (Fsp3) is 0.105. The van der Waals surface area contributed by atoms with Crippen molar-refractivity contribution in [2.45, 2.75) is 13.1 Å². The second kappa shape index (κ2) is 6.99. The standard InChI is InChI=1S/C19H14F2N4O2/c20-13-5-3-4-12(18(13)21)8-22-19(26)15-10-27-17(24-15)9-25-11-23-14-6-1-2-7-16(14)25/h1-7,10-11H,8-9H2,(H,22,26). The topological polar surface area (TPSA) is 73.0 Å². The molecular formula is C19H14F2N4O2. The molecule has 4 aromatic rings. The summed E-state index contributed by atoms with van der Waals surface area (Å²) in [5.74, 6) is -2.15. The lowest BCUT2D eigenvalue weighted by molar-refractivity contribution is 0.0945. The summed E-state index contributed by atoms with van der Waals surface area (Å²) in [6.07, 6.45) is 2.90. The molecule has 6 nitrogen and oxygen atoms in total. The van der Waals surface area contributed by atoms with Gasteiger partial charge in [0.05, 0.1) is 17.4 Å². The van der Waals surface area contributed by atoms with Crippen LogP contribution in [-0.2, 0) is 13.1 Å². The van der Waals surface area contributed by atoms with Gasteiger partial charge in [0.25, 0.3) is 5.91 Å². The number of fused-ring (bicyclic) bond motifs is 1. The Morgan fingerprint density at radius 3 is 2.89 bits per heavy atom. The number of benzene rings is 2. The van der Waals surface area contributed by atoms with Gasteiger partial charge in [0.2, 0.25) is 5.89 Å². The lowest BCUT2D eigenvalue weighted by atomic mass is 10.2. The average molecular weight is 368 g/mol. The molecule has 4 rings (SSSR count). The van der Waals surface area contributed by atoms with Crippen molar-refractivity contribution in [2.24, 2.45) is 0 Å². The van der Waals surface area contributed by atoms with Gasteiger partial charge in [0.1, 0.15) is 12.8 Å². The smallest absolute Gasteiger partial charge is 0.273 e. The van der Waals surface area contributed by atoms with Crippen LogP contribution in [0.2, 0.25) is 0 Å². The molecule has 0 aliphatic heterocycles. The lowest BCUT2D eigenvalue weighted by Gasteiger charge is -2.05. The number of halogens is 2. The lowest BCUT2D eigenvalue weighted by Crippen LogP contribution is -2.24. The first kappa shape index (κ1) is 16.9. The Labute approximate surface area is 152 Å². The summed E-state index contributed by atoms with van der Waals surface area (Å²) in [5, 5.41) is 2.50. The molecule has 8 heteroatoms. The number of nitrogens with zero attached hydrogens (tertiary/aromatic N) is 3. The molecule has 0 unspecified atom stereocenters. The van der Waals surface area contributed by atoms with Crippen molar-refractivity contribution in [3.8, 4) is 0 Å². The Morgan fingerprint density at radius 1 is 1.15 bits per heavy atom. The van der Waals surface area contributed by atoms with Crippen LogP contribution in [0.1, 0.15) is 21.9 Å². The van der Waals surface area contributed by atoms with Gasteiger partial charge in [-0.2, -0.15) is 0 Å². The summed E-state index contributed by atoms with van der Waals surface area (Å²) in [6.45, 7) is 0.156. The maximum absolute atomic E-state index is 13.6. The van der Waals surface area contributed by atoms with E-state index in [0.29, 0.717) is 12.4 Å². The van der Waals surface area contributed by atoms with Crippen LogP contribution in [0.5, 0.6) is 0 Å². The fourth-order valence-electron chi connectivity index (χ4n) is 2.72. The summed E-state index contributed by atoms with van der Waals surface area (Å²) in [4.78, 5) is 20.6. The maximum Gasteiger partial charge on any atom is 0.273 e. The number of nitrogens with one attached hydrogen (secondary N) is 1. The van der Waals surface area contributed by atoms with Crippen LogP contribution in [0.15, 0.2) is 59.5 Å². The highest BCUT2D eigenvalue weighted by Crippen LogP contribution is 2.14. The molecule has 0 aliphatic rings. The molecule has 2 aromatic heterocycles. The maximum atomic E-state index is 13.6. The van der Waals surface area contributed by atoms with Crippen molar-refractivity contribution in [2.75, 3.05) is 0 Å². The predicted molar refractivity (Wildman–Crippen MR) is 92.9 cm³/mol. The van der Waals surface area contributed by atoms with E-state index in [1.54, 1.807) is 6.33 Å². The van der Waals surface area contributed by atoms with E-state index in [1.165, 1.54) is 18.4 Å². The zero-order valence-electron chi connectivity index (χ0n) is 14.0. The minimum Gasteiger partial charge on any atom is -0.446 e. The molecule has 136 valence electrons. The number of rotatable bonds is 5. The summed E-state index contributed by atoms with van der Waals surface area (Å²) in [7, 11) is 0. The number of para-hydroxylation sites is 2. The first-order chi connectivity index (χ1) is 13.1.